The van der Waals surface area contributed by atoms with Gasteiger partial charge in [-0.25, -0.2) is 0 Å². The Morgan fingerprint density at radius 2 is 1.67 bits per heavy atom. The van der Waals surface area contributed by atoms with Gasteiger partial charge in [0.2, 0.25) is 0 Å². The number of hydrogen-bond donors (Lipinski definition) is 0. The first-order valence-electron chi connectivity index (χ1n) is 6.63. The summed E-state index contributed by atoms with van der Waals surface area (Å²) in [4.78, 5) is 2.81. The van der Waals surface area contributed by atoms with E-state index >= 15 is 0 Å². The molecule has 0 heterocycles. The van der Waals surface area contributed by atoms with E-state index in [4.69, 9.17) is 0 Å². The molecule has 2 rings (SSSR count). The molecule has 0 fully saturated rings. The third kappa shape index (κ3) is 3.46. The Hall–Kier alpha value is -0.600. The van der Waals surface area contributed by atoms with E-state index in [2.05, 4.69) is 50.2 Å². The monoisotopic (exact) mass is 276 g/mol. The summed E-state index contributed by atoms with van der Waals surface area (Å²) in [5.74, 6) is 2.40. The molecule has 0 aliphatic heterocycles. The lowest BCUT2D eigenvalue weighted by molar-refractivity contribution is 1.10. The molecule has 0 radical (unpaired) electrons. The highest BCUT2D eigenvalue weighted by Gasteiger charge is 2.02. The van der Waals surface area contributed by atoms with Crippen LogP contribution in [0, 0.1) is 0 Å². The third-order valence-electron chi connectivity index (χ3n) is 2.75. The quantitative estimate of drug-likeness (QED) is 0.607. The van der Waals surface area contributed by atoms with Gasteiger partial charge < -0.3 is 0 Å². The van der Waals surface area contributed by atoms with Gasteiger partial charge in [0, 0.05) is 9.79 Å². The Morgan fingerprint density at radius 3 is 2.44 bits per heavy atom. The number of thioether (sulfide) groups is 2. The van der Waals surface area contributed by atoms with Crippen LogP contribution < -0.4 is 0 Å². The fourth-order valence-electron chi connectivity index (χ4n) is 1.88. The molecule has 0 aliphatic rings. The maximum Gasteiger partial charge on any atom is 0.0150 e. The minimum atomic E-state index is 1.20. The van der Waals surface area contributed by atoms with Gasteiger partial charge in [0.05, 0.1) is 0 Å². The lowest BCUT2D eigenvalue weighted by atomic mass is 10.1. The fraction of sp³-hybridized carbons (Fsp3) is 0.375. The van der Waals surface area contributed by atoms with Crippen LogP contribution in [-0.4, -0.2) is 11.5 Å². The SMILES string of the molecule is CCCSc1ccc2c(SCCC)cccc2c1. The van der Waals surface area contributed by atoms with Crippen molar-refractivity contribution < 1.29 is 0 Å². The van der Waals surface area contributed by atoms with Crippen LogP contribution in [0.15, 0.2) is 46.2 Å². The Bertz CT molecular complexity index is 505. The summed E-state index contributed by atoms with van der Waals surface area (Å²) >= 11 is 3.92. The van der Waals surface area contributed by atoms with E-state index in [-0.39, 0.29) is 0 Å². The summed E-state index contributed by atoms with van der Waals surface area (Å²) in [6.45, 7) is 4.46. The second kappa shape index (κ2) is 7.10. The van der Waals surface area contributed by atoms with Gasteiger partial charge in [0.25, 0.3) is 0 Å². The molecule has 0 nitrogen and oxygen atoms in total. The highest BCUT2D eigenvalue weighted by atomic mass is 32.2. The summed E-state index contributed by atoms with van der Waals surface area (Å²) < 4.78 is 0. The highest BCUT2D eigenvalue weighted by molar-refractivity contribution is 7.99. The average Bonchev–Trinajstić information content (AvgIpc) is 2.42. The Labute approximate surface area is 119 Å². The summed E-state index contributed by atoms with van der Waals surface area (Å²) in [5, 5.41) is 2.77. The van der Waals surface area contributed by atoms with Crippen LogP contribution >= 0.6 is 23.5 Å². The smallest absolute Gasteiger partial charge is 0.0150 e. The average molecular weight is 276 g/mol. The van der Waals surface area contributed by atoms with Crippen LogP contribution in [0.5, 0.6) is 0 Å². The Morgan fingerprint density at radius 1 is 0.889 bits per heavy atom. The van der Waals surface area contributed by atoms with Gasteiger partial charge in [0.1, 0.15) is 0 Å². The molecule has 0 unspecified atom stereocenters. The fourth-order valence-corrected chi connectivity index (χ4v) is 3.63. The molecule has 0 saturated heterocycles. The highest BCUT2D eigenvalue weighted by Crippen LogP contribution is 2.31. The molecule has 0 N–H and O–H groups in total. The van der Waals surface area contributed by atoms with Crippen LogP contribution in [0.25, 0.3) is 10.8 Å². The number of benzene rings is 2. The first kappa shape index (κ1) is 13.8. The van der Waals surface area contributed by atoms with Crippen LogP contribution in [0.1, 0.15) is 26.7 Å². The minimum Gasteiger partial charge on any atom is -0.126 e. The molecule has 96 valence electrons. The van der Waals surface area contributed by atoms with Crippen LogP contribution in [0.2, 0.25) is 0 Å². The Kier molecular flexibility index (Phi) is 5.45. The molecule has 0 atom stereocenters. The number of hydrogen-bond acceptors (Lipinski definition) is 2. The van der Waals surface area contributed by atoms with Crippen LogP contribution in [0.4, 0.5) is 0 Å². The van der Waals surface area contributed by atoms with Crippen molar-refractivity contribution in [1.29, 1.82) is 0 Å². The van der Waals surface area contributed by atoms with E-state index in [0.29, 0.717) is 0 Å². The molecule has 0 bridgehead atoms. The van der Waals surface area contributed by atoms with Gasteiger partial charge in [0.15, 0.2) is 0 Å². The normalized spacial score (nSPS) is 11.0. The molecule has 0 spiro atoms. The molecule has 0 aromatic heterocycles. The minimum absolute atomic E-state index is 1.20. The molecular weight excluding hydrogens is 256 g/mol. The zero-order chi connectivity index (χ0) is 12.8. The largest absolute Gasteiger partial charge is 0.126 e. The van der Waals surface area contributed by atoms with Crippen molar-refractivity contribution in [2.24, 2.45) is 0 Å². The maximum atomic E-state index is 2.33. The Balaban J connectivity index is 2.28. The van der Waals surface area contributed by atoms with Gasteiger partial charge in [-0.15, -0.1) is 23.5 Å². The van der Waals surface area contributed by atoms with E-state index in [1.54, 1.807) is 0 Å². The van der Waals surface area contributed by atoms with Crippen LogP contribution in [0.3, 0.4) is 0 Å². The molecular formula is C16H20S2. The molecule has 2 aromatic carbocycles. The summed E-state index contributed by atoms with van der Waals surface area (Å²) in [7, 11) is 0. The molecule has 0 aliphatic carbocycles. The van der Waals surface area contributed by atoms with Gasteiger partial charge in [-0.1, -0.05) is 32.0 Å². The van der Waals surface area contributed by atoms with Crippen molar-refractivity contribution in [3.8, 4) is 0 Å². The standard InChI is InChI=1S/C16H20S2/c1-3-10-17-14-8-9-15-13(12-14)6-5-7-16(15)18-11-4-2/h5-9,12H,3-4,10-11H2,1-2H3. The summed E-state index contributed by atoms with van der Waals surface area (Å²) in [6.07, 6.45) is 2.46. The summed E-state index contributed by atoms with van der Waals surface area (Å²) in [5.41, 5.74) is 0. The second-order valence-electron chi connectivity index (χ2n) is 4.34. The maximum absolute atomic E-state index is 2.33. The lowest BCUT2D eigenvalue weighted by Gasteiger charge is -2.07. The van der Waals surface area contributed by atoms with Gasteiger partial charge in [-0.2, -0.15) is 0 Å². The topological polar surface area (TPSA) is 0 Å². The molecule has 0 amide bonds. The van der Waals surface area contributed by atoms with Crippen molar-refractivity contribution >= 4 is 34.3 Å². The third-order valence-corrected chi connectivity index (χ3v) is 5.23. The van der Waals surface area contributed by atoms with Crippen molar-refractivity contribution in [3.63, 3.8) is 0 Å². The molecule has 0 saturated carbocycles. The second-order valence-corrected chi connectivity index (χ2v) is 6.64. The predicted molar refractivity (Wildman–Crippen MR) is 86.0 cm³/mol. The van der Waals surface area contributed by atoms with E-state index in [1.165, 1.54) is 44.9 Å². The number of rotatable bonds is 6. The van der Waals surface area contributed by atoms with Crippen molar-refractivity contribution in [3.05, 3.63) is 36.4 Å². The van der Waals surface area contributed by atoms with E-state index in [9.17, 15) is 0 Å². The predicted octanol–water partition coefficient (Wildman–Crippen LogP) is 5.84. The zero-order valence-electron chi connectivity index (χ0n) is 11.1. The van der Waals surface area contributed by atoms with Gasteiger partial charge in [-0.05, 0) is 53.3 Å². The zero-order valence-corrected chi connectivity index (χ0v) is 12.7. The van der Waals surface area contributed by atoms with Crippen LogP contribution in [-0.2, 0) is 0 Å². The van der Waals surface area contributed by atoms with Gasteiger partial charge in [-0.3, -0.25) is 0 Å². The lowest BCUT2D eigenvalue weighted by Crippen LogP contribution is -1.82. The number of fused-ring (bicyclic) bond motifs is 1. The molecule has 2 heteroatoms. The molecule has 2 aromatic rings. The van der Waals surface area contributed by atoms with Crippen molar-refractivity contribution in [2.75, 3.05) is 11.5 Å². The van der Waals surface area contributed by atoms with E-state index in [0.717, 1.165) is 0 Å². The molecule has 18 heavy (non-hydrogen) atoms. The van der Waals surface area contributed by atoms with Gasteiger partial charge >= 0.3 is 0 Å². The first-order valence-corrected chi connectivity index (χ1v) is 8.60. The van der Waals surface area contributed by atoms with Crippen molar-refractivity contribution in [1.82, 2.24) is 0 Å². The van der Waals surface area contributed by atoms with E-state index < -0.39 is 0 Å². The summed E-state index contributed by atoms with van der Waals surface area (Å²) in [6, 6.07) is 13.5. The first-order chi connectivity index (χ1) is 8.85. The van der Waals surface area contributed by atoms with E-state index in [1.807, 2.05) is 23.5 Å². The van der Waals surface area contributed by atoms with Crippen molar-refractivity contribution in [2.45, 2.75) is 36.5 Å².